The molecule has 0 aliphatic rings. The normalized spacial score (nSPS) is 12.9. The van der Waals surface area contributed by atoms with Crippen LogP contribution in [0.25, 0.3) is 0 Å². The molecule has 0 N–H and O–H groups in total. The maximum atomic E-state index is 11.2. The third kappa shape index (κ3) is 2.59. The fourth-order valence-electron chi connectivity index (χ4n) is 0.454. The highest BCUT2D eigenvalue weighted by atomic mass is 32.3. The Bertz CT molecular complexity index is 443. The van der Waals surface area contributed by atoms with Crippen molar-refractivity contribution in [3.8, 4) is 0 Å². The lowest BCUT2D eigenvalue weighted by Gasteiger charge is -2.17. The Morgan fingerprint density at radius 1 is 1.07 bits per heavy atom. The summed E-state index contributed by atoms with van der Waals surface area (Å²) in [5.41, 5.74) is 0. The van der Waals surface area contributed by atoms with E-state index in [0.29, 0.717) is 4.31 Å². The smallest absolute Gasteiger partial charge is 0.210 e. The molecule has 10 heteroatoms. The standard InChI is InChI=1S/C4H9N3O5S2/c1-6(2)14(11,12)7(3)13(9,10)5-4-8/h1-3H3. The Morgan fingerprint density at radius 3 is 1.79 bits per heavy atom. The number of isocyanates is 1. The van der Waals surface area contributed by atoms with E-state index in [2.05, 4.69) is 4.40 Å². The van der Waals surface area contributed by atoms with Gasteiger partial charge < -0.3 is 0 Å². The van der Waals surface area contributed by atoms with Gasteiger partial charge >= 0.3 is 10.2 Å². The Kier molecular flexibility index (Phi) is 3.91. The number of rotatable bonds is 4. The molecule has 0 heterocycles. The van der Waals surface area contributed by atoms with Gasteiger partial charge in [0, 0.05) is 21.1 Å². The summed E-state index contributed by atoms with van der Waals surface area (Å²) in [6.45, 7) is 0. The zero-order valence-electron chi connectivity index (χ0n) is 7.70. The molecule has 0 bridgehead atoms. The summed E-state index contributed by atoms with van der Waals surface area (Å²) in [5, 5.41) is 0. The van der Waals surface area contributed by atoms with Gasteiger partial charge in [-0.25, -0.2) is 4.79 Å². The molecule has 0 unspecified atom stereocenters. The third-order valence-corrected chi connectivity index (χ3v) is 4.92. The molecule has 8 nitrogen and oxygen atoms in total. The Morgan fingerprint density at radius 2 is 1.50 bits per heavy atom. The minimum atomic E-state index is -4.51. The van der Waals surface area contributed by atoms with E-state index < -0.39 is 20.4 Å². The summed E-state index contributed by atoms with van der Waals surface area (Å²) < 4.78 is 47.5. The van der Waals surface area contributed by atoms with E-state index in [1.54, 1.807) is 0 Å². The predicted molar refractivity (Wildman–Crippen MR) is 47.4 cm³/mol. The molecular weight excluding hydrogens is 234 g/mol. The summed E-state index contributed by atoms with van der Waals surface area (Å²) in [4.78, 5) is 9.72. The van der Waals surface area contributed by atoms with Crippen molar-refractivity contribution in [2.75, 3.05) is 21.1 Å². The first-order chi connectivity index (χ1) is 6.16. The fourth-order valence-corrected chi connectivity index (χ4v) is 2.57. The number of carbonyl (C=O) groups excluding carboxylic acids is 1. The van der Waals surface area contributed by atoms with Crippen molar-refractivity contribution in [2.24, 2.45) is 4.40 Å². The Labute approximate surface area is 82.2 Å². The third-order valence-electron chi connectivity index (χ3n) is 1.26. The zero-order valence-corrected chi connectivity index (χ0v) is 9.33. The van der Waals surface area contributed by atoms with Gasteiger partial charge in [-0.2, -0.15) is 21.1 Å². The van der Waals surface area contributed by atoms with Crippen LogP contribution in [0, 0.1) is 0 Å². The largest absolute Gasteiger partial charge is 0.346 e. The van der Waals surface area contributed by atoms with Crippen LogP contribution in [-0.4, -0.2) is 52.1 Å². The van der Waals surface area contributed by atoms with Crippen molar-refractivity contribution >= 4 is 26.5 Å². The molecule has 82 valence electrons. The lowest BCUT2D eigenvalue weighted by atomic mass is 11.3. The molecule has 0 saturated heterocycles. The van der Waals surface area contributed by atoms with Crippen molar-refractivity contribution in [1.82, 2.24) is 8.02 Å². The summed E-state index contributed by atoms with van der Waals surface area (Å²) >= 11 is 0. The van der Waals surface area contributed by atoms with Crippen LogP contribution in [0.4, 0.5) is 0 Å². The Balaban J connectivity index is 5.39. The maximum Gasteiger partial charge on any atom is 0.346 e. The van der Waals surface area contributed by atoms with Gasteiger partial charge in [-0.05, 0) is 0 Å². The molecule has 0 aliphatic heterocycles. The van der Waals surface area contributed by atoms with Crippen molar-refractivity contribution in [1.29, 1.82) is 0 Å². The van der Waals surface area contributed by atoms with E-state index in [1.165, 1.54) is 0 Å². The van der Waals surface area contributed by atoms with Gasteiger partial charge in [-0.1, -0.05) is 8.11 Å². The number of hydrogen-bond acceptors (Lipinski definition) is 5. The van der Waals surface area contributed by atoms with Crippen LogP contribution in [0.2, 0.25) is 0 Å². The minimum Gasteiger partial charge on any atom is -0.210 e. The molecule has 0 saturated carbocycles. The highest BCUT2D eigenvalue weighted by Crippen LogP contribution is 2.08. The topological polar surface area (TPSA) is 104 Å². The van der Waals surface area contributed by atoms with E-state index >= 15 is 0 Å². The van der Waals surface area contributed by atoms with Crippen molar-refractivity contribution in [3.05, 3.63) is 0 Å². The molecule has 14 heavy (non-hydrogen) atoms. The van der Waals surface area contributed by atoms with Crippen molar-refractivity contribution in [2.45, 2.75) is 0 Å². The van der Waals surface area contributed by atoms with Gasteiger partial charge in [0.15, 0.2) is 0 Å². The molecule has 0 aromatic rings. The Hall–Kier alpha value is -0.800. The monoisotopic (exact) mass is 243 g/mol. The summed E-state index contributed by atoms with van der Waals surface area (Å²) in [5.74, 6) is 0. The molecule has 0 aromatic heterocycles. The lowest BCUT2D eigenvalue weighted by Crippen LogP contribution is -2.40. The average molecular weight is 243 g/mol. The minimum absolute atomic E-state index is 0.0229. The van der Waals surface area contributed by atoms with Crippen LogP contribution >= 0.6 is 0 Å². The van der Waals surface area contributed by atoms with Gasteiger partial charge in [0.25, 0.3) is 16.3 Å². The van der Waals surface area contributed by atoms with Gasteiger partial charge in [-0.15, -0.1) is 0 Å². The first kappa shape index (κ1) is 13.2. The van der Waals surface area contributed by atoms with Crippen LogP contribution in [0.3, 0.4) is 0 Å². The number of nitrogens with zero attached hydrogens (tertiary/aromatic N) is 3. The van der Waals surface area contributed by atoms with E-state index in [1.807, 2.05) is 0 Å². The highest BCUT2D eigenvalue weighted by molar-refractivity contribution is 8.02. The molecule has 0 rings (SSSR count). The van der Waals surface area contributed by atoms with Gasteiger partial charge in [0.1, 0.15) is 0 Å². The molecule has 0 amide bonds. The average Bonchev–Trinajstić information content (AvgIpc) is 2.02. The molecule has 0 radical (unpaired) electrons. The second-order valence-corrected chi connectivity index (χ2v) is 6.36. The molecule has 0 aliphatic carbocycles. The van der Waals surface area contributed by atoms with Crippen LogP contribution < -0.4 is 0 Å². The zero-order chi connectivity index (χ0) is 11.6. The van der Waals surface area contributed by atoms with E-state index in [9.17, 15) is 21.6 Å². The van der Waals surface area contributed by atoms with Crippen LogP contribution in [0.1, 0.15) is 0 Å². The number of hydrogen-bond donors (Lipinski definition) is 0. The van der Waals surface area contributed by atoms with Gasteiger partial charge in [0.2, 0.25) is 0 Å². The van der Waals surface area contributed by atoms with Crippen LogP contribution in [-0.2, 0) is 25.2 Å². The summed E-state index contributed by atoms with van der Waals surface area (Å²) in [7, 11) is -5.60. The summed E-state index contributed by atoms with van der Waals surface area (Å²) in [6.07, 6.45) is 0.762. The predicted octanol–water partition coefficient (Wildman–Crippen LogP) is -1.69. The van der Waals surface area contributed by atoms with E-state index in [-0.39, 0.29) is 3.71 Å². The van der Waals surface area contributed by atoms with E-state index in [0.717, 1.165) is 27.2 Å². The van der Waals surface area contributed by atoms with Crippen LogP contribution in [0.5, 0.6) is 0 Å². The molecule has 0 fully saturated rings. The first-order valence-electron chi connectivity index (χ1n) is 3.17. The van der Waals surface area contributed by atoms with Gasteiger partial charge in [-0.3, -0.25) is 0 Å². The van der Waals surface area contributed by atoms with Gasteiger partial charge in [0.05, 0.1) is 0 Å². The molecule has 0 atom stereocenters. The lowest BCUT2D eigenvalue weighted by molar-refractivity contribution is 0.471. The molecular formula is C4H9N3O5S2. The maximum absolute atomic E-state index is 11.2. The SMILES string of the molecule is CN(C)S(=O)(=O)N(C)S(=O)(=O)N=C=O. The quantitative estimate of drug-likeness (QED) is 0.432. The van der Waals surface area contributed by atoms with Crippen LogP contribution in [0.15, 0.2) is 4.40 Å². The molecule has 0 spiro atoms. The first-order valence-corrected chi connectivity index (χ1v) is 5.96. The second kappa shape index (κ2) is 4.15. The van der Waals surface area contributed by atoms with Crippen molar-refractivity contribution in [3.63, 3.8) is 0 Å². The summed E-state index contributed by atoms with van der Waals surface area (Å²) in [6, 6.07) is 0. The highest BCUT2D eigenvalue weighted by Gasteiger charge is 2.31. The second-order valence-electron chi connectivity index (χ2n) is 2.33. The van der Waals surface area contributed by atoms with E-state index in [4.69, 9.17) is 0 Å². The van der Waals surface area contributed by atoms with Crippen molar-refractivity contribution < 1.29 is 21.6 Å². The fraction of sp³-hybridized carbons (Fsp3) is 0.750. The molecule has 0 aromatic carbocycles.